The van der Waals surface area contributed by atoms with Crippen molar-refractivity contribution in [2.45, 2.75) is 77.0 Å². The first-order valence-corrected chi connectivity index (χ1v) is 16.9. The Balaban J connectivity index is 1.64. The standard InChI is InChI=1S/C35H46N10O7/c1-21(2)30(35(51)52)43-34(50)27(17-23-9-5-4-6-10-23)42-33(49)26(41-32(48)22(3)40-29(47)19-36)11-7-8-16-37-28(46)18-24-12-14-25(15-13-24)31-44-38-20-39-45-31/h4-6,9-10,12-15,20-22,26-27,30H,7-8,11,16-19,36H2,1-3H3,(H,37,46)(H,40,47)(H,41,48)(H,42,49)(H,43,50)(H,51,52). The Kier molecular flexibility index (Phi) is 16.2. The lowest BCUT2D eigenvalue weighted by molar-refractivity contribution is -0.143. The molecule has 0 bridgehead atoms. The van der Waals surface area contributed by atoms with E-state index in [1.54, 1.807) is 68.4 Å². The summed E-state index contributed by atoms with van der Waals surface area (Å²) in [6.45, 7) is 4.70. The highest BCUT2D eigenvalue weighted by molar-refractivity contribution is 5.95. The zero-order valence-corrected chi connectivity index (χ0v) is 29.4. The van der Waals surface area contributed by atoms with E-state index in [-0.39, 0.29) is 31.7 Å². The minimum absolute atomic E-state index is 0.0513. The largest absolute Gasteiger partial charge is 0.480 e. The number of aromatic nitrogens is 4. The van der Waals surface area contributed by atoms with Crippen LogP contribution in [0.2, 0.25) is 0 Å². The Labute approximate surface area is 301 Å². The molecule has 0 aliphatic heterocycles. The maximum Gasteiger partial charge on any atom is 0.326 e. The fraction of sp³-hybridized carbons (Fsp3) is 0.429. The summed E-state index contributed by atoms with van der Waals surface area (Å²) in [5.41, 5.74) is 7.54. The number of amides is 5. The van der Waals surface area contributed by atoms with Gasteiger partial charge in [0.05, 0.1) is 13.0 Å². The SMILES string of the molecule is CC(NC(=O)CN)C(=O)NC(CCCCNC(=O)Cc1ccc(-c2nncnn2)cc1)C(=O)NC(Cc1ccccc1)C(=O)NC(C(=O)O)C(C)C. The number of nitrogens with two attached hydrogens (primary N) is 1. The molecule has 8 N–H and O–H groups in total. The molecular weight excluding hydrogens is 672 g/mol. The minimum atomic E-state index is -1.22. The van der Waals surface area contributed by atoms with Crippen LogP contribution in [0, 0.1) is 5.92 Å². The van der Waals surface area contributed by atoms with Crippen molar-refractivity contribution in [2.75, 3.05) is 13.1 Å². The average molecular weight is 719 g/mol. The number of unbranched alkanes of at least 4 members (excludes halogenated alkanes) is 1. The topological polar surface area (TPSA) is 260 Å². The van der Waals surface area contributed by atoms with Crippen molar-refractivity contribution >= 4 is 35.5 Å². The molecule has 0 fully saturated rings. The van der Waals surface area contributed by atoms with Gasteiger partial charge in [0, 0.05) is 18.5 Å². The molecule has 5 amide bonds. The van der Waals surface area contributed by atoms with Gasteiger partial charge >= 0.3 is 5.97 Å². The Morgan fingerprint density at radius 3 is 1.98 bits per heavy atom. The Hall–Kier alpha value is -5.84. The van der Waals surface area contributed by atoms with Gasteiger partial charge in [-0.3, -0.25) is 24.0 Å². The molecule has 0 aliphatic rings. The number of hydrogen-bond donors (Lipinski definition) is 7. The van der Waals surface area contributed by atoms with Gasteiger partial charge in [0.15, 0.2) is 6.33 Å². The van der Waals surface area contributed by atoms with E-state index < -0.39 is 59.7 Å². The van der Waals surface area contributed by atoms with E-state index in [2.05, 4.69) is 47.0 Å². The van der Waals surface area contributed by atoms with Crippen LogP contribution in [0.4, 0.5) is 0 Å². The number of aliphatic carboxylic acids is 1. The molecule has 52 heavy (non-hydrogen) atoms. The lowest BCUT2D eigenvalue weighted by atomic mass is 10.0. The molecule has 0 radical (unpaired) electrons. The van der Waals surface area contributed by atoms with Crippen molar-refractivity contribution in [3.8, 4) is 11.4 Å². The Bertz CT molecular complexity index is 1640. The number of nitrogens with one attached hydrogen (secondary N) is 5. The second-order valence-electron chi connectivity index (χ2n) is 12.5. The van der Waals surface area contributed by atoms with Crippen LogP contribution >= 0.6 is 0 Å². The van der Waals surface area contributed by atoms with Crippen LogP contribution in [0.3, 0.4) is 0 Å². The maximum absolute atomic E-state index is 13.7. The van der Waals surface area contributed by atoms with Crippen molar-refractivity contribution in [1.29, 1.82) is 0 Å². The highest BCUT2D eigenvalue weighted by atomic mass is 16.4. The predicted molar refractivity (Wildman–Crippen MR) is 189 cm³/mol. The fourth-order valence-electron chi connectivity index (χ4n) is 5.07. The van der Waals surface area contributed by atoms with E-state index >= 15 is 0 Å². The van der Waals surface area contributed by atoms with Crippen LogP contribution in [0.25, 0.3) is 11.4 Å². The molecule has 4 atom stereocenters. The number of carboxylic acid groups (broad SMARTS) is 1. The highest BCUT2D eigenvalue weighted by Gasteiger charge is 2.31. The molecule has 0 aliphatic carbocycles. The quantitative estimate of drug-likeness (QED) is 0.0741. The third-order valence-electron chi connectivity index (χ3n) is 7.96. The average Bonchev–Trinajstić information content (AvgIpc) is 3.13. The van der Waals surface area contributed by atoms with Gasteiger partial charge in [-0.1, -0.05) is 68.4 Å². The monoisotopic (exact) mass is 718 g/mol. The van der Waals surface area contributed by atoms with Crippen molar-refractivity contribution in [1.82, 2.24) is 47.0 Å². The summed E-state index contributed by atoms with van der Waals surface area (Å²) >= 11 is 0. The smallest absolute Gasteiger partial charge is 0.326 e. The fourth-order valence-corrected chi connectivity index (χ4v) is 5.07. The normalized spacial score (nSPS) is 13.2. The molecule has 0 spiro atoms. The first kappa shape index (κ1) is 40.6. The molecular formula is C35H46N10O7. The molecule has 0 saturated carbocycles. The second-order valence-corrected chi connectivity index (χ2v) is 12.5. The van der Waals surface area contributed by atoms with Crippen molar-refractivity contribution < 1.29 is 33.9 Å². The van der Waals surface area contributed by atoms with E-state index in [9.17, 15) is 33.9 Å². The summed E-state index contributed by atoms with van der Waals surface area (Å²) in [6, 6.07) is 11.5. The van der Waals surface area contributed by atoms with Gasteiger partial charge in [0.2, 0.25) is 35.4 Å². The highest BCUT2D eigenvalue weighted by Crippen LogP contribution is 2.14. The van der Waals surface area contributed by atoms with Crippen LogP contribution in [-0.4, -0.2) is 98.3 Å². The van der Waals surface area contributed by atoms with Crippen molar-refractivity contribution in [3.05, 3.63) is 72.1 Å². The zero-order chi connectivity index (χ0) is 38.0. The number of hydrogen-bond acceptors (Lipinski definition) is 11. The lowest BCUT2D eigenvalue weighted by Crippen LogP contribution is -2.58. The zero-order valence-electron chi connectivity index (χ0n) is 29.4. The summed E-state index contributed by atoms with van der Waals surface area (Å²) in [6.07, 6.45) is 2.38. The number of carbonyl (C=O) groups excluding carboxylic acids is 5. The van der Waals surface area contributed by atoms with E-state index in [1.165, 1.54) is 13.3 Å². The van der Waals surface area contributed by atoms with Gasteiger partial charge in [-0.2, -0.15) is 0 Å². The van der Waals surface area contributed by atoms with Gasteiger partial charge in [0.25, 0.3) is 0 Å². The molecule has 3 rings (SSSR count). The molecule has 17 nitrogen and oxygen atoms in total. The van der Waals surface area contributed by atoms with Gasteiger partial charge in [-0.15, -0.1) is 20.4 Å². The number of carbonyl (C=O) groups is 6. The van der Waals surface area contributed by atoms with Gasteiger partial charge in [-0.05, 0) is 43.2 Å². The summed E-state index contributed by atoms with van der Waals surface area (Å²) in [7, 11) is 0. The molecule has 17 heteroatoms. The Morgan fingerprint density at radius 2 is 1.37 bits per heavy atom. The van der Waals surface area contributed by atoms with E-state index in [1.807, 2.05) is 0 Å². The Morgan fingerprint density at radius 1 is 0.731 bits per heavy atom. The molecule has 2 aromatic carbocycles. The second kappa shape index (κ2) is 20.7. The third-order valence-corrected chi connectivity index (χ3v) is 7.96. The summed E-state index contributed by atoms with van der Waals surface area (Å²) in [4.78, 5) is 76.3. The molecule has 278 valence electrons. The van der Waals surface area contributed by atoms with E-state index in [4.69, 9.17) is 5.73 Å². The number of carboxylic acids is 1. The van der Waals surface area contributed by atoms with Crippen LogP contribution in [0.1, 0.15) is 51.2 Å². The minimum Gasteiger partial charge on any atom is -0.480 e. The summed E-state index contributed by atoms with van der Waals surface area (Å²) < 4.78 is 0. The molecule has 3 aromatic rings. The van der Waals surface area contributed by atoms with Crippen LogP contribution in [0.15, 0.2) is 60.9 Å². The molecule has 1 aromatic heterocycles. The maximum atomic E-state index is 13.7. The molecule has 0 saturated heterocycles. The van der Waals surface area contributed by atoms with Crippen molar-refractivity contribution in [2.24, 2.45) is 11.7 Å². The van der Waals surface area contributed by atoms with E-state index in [0.29, 0.717) is 36.3 Å². The van der Waals surface area contributed by atoms with Gasteiger partial charge in [0.1, 0.15) is 24.2 Å². The third kappa shape index (κ3) is 13.5. The summed E-state index contributed by atoms with van der Waals surface area (Å²) in [5.74, 6) is -4.09. The van der Waals surface area contributed by atoms with Crippen LogP contribution in [-0.2, 0) is 41.6 Å². The van der Waals surface area contributed by atoms with Crippen LogP contribution < -0.4 is 32.3 Å². The molecule has 4 unspecified atom stereocenters. The molecule has 1 heterocycles. The van der Waals surface area contributed by atoms with Crippen LogP contribution in [0.5, 0.6) is 0 Å². The first-order valence-electron chi connectivity index (χ1n) is 16.9. The number of benzene rings is 2. The van der Waals surface area contributed by atoms with Gasteiger partial charge < -0.3 is 37.4 Å². The lowest BCUT2D eigenvalue weighted by Gasteiger charge is -2.26. The van der Waals surface area contributed by atoms with E-state index in [0.717, 1.165) is 5.56 Å². The van der Waals surface area contributed by atoms with Gasteiger partial charge in [-0.25, -0.2) is 4.79 Å². The number of nitrogens with zero attached hydrogens (tertiary/aromatic N) is 4. The van der Waals surface area contributed by atoms with Crippen molar-refractivity contribution in [3.63, 3.8) is 0 Å². The number of rotatable bonds is 20. The summed E-state index contributed by atoms with van der Waals surface area (Å²) in [5, 5.41) is 38.0. The predicted octanol–water partition coefficient (Wildman–Crippen LogP) is -0.336. The first-order chi connectivity index (χ1) is 24.9.